The van der Waals surface area contributed by atoms with Gasteiger partial charge in [-0.25, -0.2) is 4.79 Å². The number of aryl methyl sites for hydroxylation is 1. The molecular formula is C26H20ClN7O12S3. The first-order chi connectivity index (χ1) is 22.7. The van der Waals surface area contributed by atoms with Crippen LogP contribution in [0, 0.1) is 6.92 Å². The van der Waals surface area contributed by atoms with Crippen molar-refractivity contribution >= 4 is 87.4 Å². The summed E-state index contributed by atoms with van der Waals surface area (Å²) in [6, 6.07) is 9.57. The number of halogens is 1. The molecule has 19 nitrogen and oxygen atoms in total. The summed E-state index contributed by atoms with van der Waals surface area (Å²) in [5, 5.41) is 33.8. The number of fused-ring (bicyclic) bond motifs is 1. The van der Waals surface area contributed by atoms with Crippen LogP contribution in [-0.2, 0) is 30.4 Å². The standard InChI is InChI=1S/C26H20ClN7O12S3/c1-11-5-12-6-15(48(41,42)43)9-18(20(12)23(36)21(11)34-33-19-10-16(49(44,45)46)8-17(27)22(19)35)29-25-30-24(31-26(37)32-25)28-13-3-2-4-14(7-13)47(38,39)40/h2-10,35-36H,1H3,(H,38,39,40)(H,41,42,43)(H,44,45,46)(H3,28,29,30,31,32,37). The fourth-order valence-corrected chi connectivity index (χ4v) is 6.25. The van der Waals surface area contributed by atoms with Gasteiger partial charge in [0.2, 0.25) is 11.9 Å². The normalized spacial score (nSPS) is 12.4. The monoisotopic (exact) mass is 753 g/mol. The Morgan fingerprint density at radius 3 is 2.08 bits per heavy atom. The van der Waals surface area contributed by atoms with Crippen molar-refractivity contribution in [1.29, 1.82) is 0 Å². The topological polar surface area (TPSA) is 311 Å². The van der Waals surface area contributed by atoms with Crippen molar-refractivity contribution in [2.75, 3.05) is 10.6 Å². The molecule has 8 N–H and O–H groups in total. The highest BCUT2D eigenvalue weighted by molar-refractivity contribution is 7.86. The van der Waals surface area contributed by atoms with Crippen LogP contribution in [0.2, 0.25) is 5.02 Å². The highest BCUT2D eigenvalue weighted by Gasteiger charge is 2.21. The fraction of sp³-hybridized carbons (Fsp3) is 0.0385. The molecule has 0 spiro atoms. The van der Waals surface area contributed by atoms with E-state index in [1.807, 2.05) is 0 Å². The zero-order valence-electron chi connectivity index (χ0n) is 24.2. The second-order valence-electron chi connectivity index (χ2n) is 9.96. The number of phenolic OH excluding ortho intramolecular Hbond substituents is 2. The molecule has 256 valence electrons. The minimum absolute atomic E-state index is 0.0102. The van der Waals surface area contributed by atoms with Crippen LogP contribution < -0.4 is 16.3 Å². The zero-order chi connectivity index (χ0) is 36.1. The van der Waals surface area contributed by atoms with E-state index in [4.69, 9.17) is 11.6 Å². The van der Waals surface area contributed by atoms with Crippen molar-refractivity contribution in [2.24, 2.45) is 10.2 Å². The predicted octanol–water partition coefficient (Wildman–Crippen LogP) is 4.33. The molecule has 5 rings (SSSR count). The molecule has 0 amide bonds. The van der Waals surface area contributed by atoms with Crippen LogP contribution in [0.5, 0.6) is 11.5 Å². The first-order valence-electron chi connectivity index (χ1n) is 13.0. The van der Waals surface area contributed by atoms with Crippen molar-refractivity contribution < 1.29 is 49.1 Å². The number of phenols is 2. The van der Waals surface area contributed by atoms with Crippen LogP contribution in [0.15, 0.2) is 84.3 Å². The van der Waals surface area contributed by atoms with E-state index in [-0.39, 0.29) is 39.3 Å². The Balaban J connectivity index is 1.63. The van der Waals surface area contributed by atoms with Crippen LogP contribution in [0.3, 0.4) is 0 Å². The molecule has 0 aliphatic carbocycles. The Kier molecular flexibility index (Phi) is 9.07. The van der Waals surface area contributed by atoms with Gasteiger partial charge in [0.05, 0.1) is 25.4 Å². The molecule has 0 unspecified atom stereocenters. The second kappa shape index (κ2) is 12.7. The number of aromatic nitrogens is 3. The van der Waals surface area contributed by atoms with Gasteiger partial charge in [0, 0.05) is 11.1 Å². The molecule has 23 heteroatoms. The minimum Gasteiger partial charge on any atom is -0.505 e. The first-order valence-corrected chi connectivity index (χ1v) is 17.7. The third-order valence-corrected chi connectivity index (χ3v) is 9.31. The number of nitrogens with one attached hydrogen (secondary N) is 3. The van der Waals surface area contributed by atoms with Crippen molar-refractivity contribution in [3.8, 4) is 11.5 Å². The van der Waals surface area contributed by atoms with Gasteiger partial charge in [-0.05, 0) is 66.4 Å². The maximum absolute atomic E-state index is 12.4. The van der Waals surface area contributed by atoms with Crippen LogP contribution in [-0.4, -0.2) is 64.1 Å². The van der Waals surface area contributed by atoms with Gasteiger partial charge in [0.25, 0.3) is 30.4 Å². The Labute approximate surface area is 280 Å². The lowest BCUT2D eigenvalue weighted by Gasteiger charge is -2.15. The van der Waals surface area contributed by atoms with Gasteiger partial charge < -0.3 is 20.8 Å². The van der Waals surface area contributed by atoms with Crippen LogP contribution in [0.25, 0.3) is 10.8 Å². The Morgan fingerprint density at radius 1 is 0.776 bits per heavy atom. The van der Waals surface area contributed by atoms with Gasteiger partial charge in [0.15, 0.2) is 11.5 Å². The molecule has 0 saturated carbocycles. The van der Waals surface area contributed by atoms with Crippen LogP contribution in [0.1, 0.15) is 5.56 Å². The van der Waals surface area contributed by atoms with Gasteiger partial charge in [-0.3, -0.25) is 18.6 Å². The number of hydrogen-bond donors (Lipinski definition) is 8. The molecule has 1 heterocycles. The van der Waals surface area contributed by atoms with Gasteiger partial charge in [0.1, 0.15) is 11.4 Å². The number of aromatic amines is 1. The molecule has 0 radical (unpaired) electrons. The number of aromatic hydroxyl groups is 2. The van der Waals surface area contributed by atoms with Crippen LogP contribution in [0.4, 0.5) is 34.6 Å². The number of hydrogen-bond acceptors (Lipinski definition) is 15. The summed E-state index contributed by atoms with van der Waals surface area (Å²) >= 11 is 5.86. The van der Waals surface area contributed by atoms with Crippen molar-refractivity contribution in [3.63, 3.8) is 0 Å². The third kappa shape index (κ3) is 7.75. The smallest absolute Gasteiger partial charge is 0.351 e. The molecule has 0 saturated heterocycles. The second-order valence-corrected chi connectivity index (χ2v) is 14.6. The molecule has 0 aliphatic rings. The Bertz CT molecular complexity index is 2620. The summed E-state index contributed by atoms with van der Waals surface area (Å²) in [5.74, 6) is -2.16. The summed E-state index contributed by atoms with van der Waals surface area (Å²) in [6.07, 6.45) is 0. The highest BCUT2D eigenvalue weighted by Crippen LogP contribution is 2.45. The summed E-state index contributed by atoms with van der Waals surface area (Å²) in [7, 11) is -14.2. The Morgan fingerprint density at radius 2 is 1.43 bits per heavy atom. The minimum atomic E-state index is -4.85. The average molecular weight is 754 g/mol. The summed E-state index contributed by atoms with van der Waals surface area (Å²) in [6.45, 7) is 1.43. The molecule has 0 atom stereocenters. The lowest BCUT2D eigenvalue weighted by molar-refractivity contribution is 0.472. The van der Waals surface area contributed by atoms with Gasteiger partial charge in [-0.2, -0.15) is 35.2 Å². The zero-order valence-corrected chi connectivity index (χ0v) is 27.4. The molecule has 0 fully saturated rings. The summed E-state index contributed by atoms with van der Waals surface area (Å²) < 4.78 is 99.0. The molecule has 5 aromatic rings. The molecule has 0 bridgehead atoms. The number of anilines is 4. The number of rotatable bonds is 9. The van der Waals surface area contributed by atoms with E-state index in [2.05, 4.69) is 35.8 Å². The highest BCUT2D eigenvalue weighted by atomic mass is 35.5. The van der Waals surface area contributed by atoms with Gasteiger partial charge in [-0.15, -0.1) is 10.2 Å². The van der Waals surface area contributed by atoms with E-state index in [0.717, 1.165) is 36.4 Å². The quantitative estimate of drug-likeness (QED) is 0.0767. The Hall–Kier alpha value is -5.23. The molecule has 1 aromatic heterocycles. The molecule has 4 aromatic carbocycles. The maximum Gasteiger partial charge on any atom is 0.351 e. The third-order valence-electron chi connectivity index (χ3n) is 6.51. The van der Waals surface area contributed by atoms with Gasteiger partial charge in [-0.1, -0.05) is 17.7 Å². The number of nitrogens with zero attached hydrogens (tertiary/aromatic N) is 4. The van der Waals surface area contributed by atoms with Crippen molar-refractivity contribution in [3.05, 3.63) is 75.7 Å². The SMILES string of the molecule is Cc1cc2cc(S(=O)(=O)O)cc(Nc3nc(Nc4cccc(S(=O)(=O)O)c4)[nH]c(=O)n3)c2c(O)c1N=Nc1cc(S(=O)(=O)O)cc(Cl)c1O. The van der Waals surface area contributed by atoms with Gasteiger partial charge >= 0.3 is 5.69 Å². The maximum atomic E-state index is 12.4. The number of azo groups is 1. The largest absolute Gasteiger partial charge is 0.505 e. The van der Waals surface area contributed by atoms with E-state index < -0.39 is 78.9 Å². The lowest BCUT2D eigenvalue weighted by Crippen LogP contribution is -2.17. The summed E-state index contributed by atoms with van der Waals surface area (Å²) in [4.78, 5) is 20.6. The van der Waals surface area contributed by atoms with E-state index >= 15 is 0 Å². The molecule has 0 aliphatic heterocycles. The fourth-order valence-electron chi connectivity index (χ4n) is 4.38. The van der Waals surface area contributed by atoms with E-state index in [1.54, 1.807) is 0 Å². The number of benzene rings is 4. The predicted molar refractivity (Wildman–Crippen MR) is 173 cm³/mol. The first kappa shape index (κ1) is 35.1. The van der Waals surface area contributed by atoms with E-state index in [9.17, 15) is 53.9 Å². The van der Waals surface area contributed by atoms with Crippen molar-refractivity contribution in [1.82, 2.24) is 15.0 Å². The lowest BCUT2D eigenvalue weighted by atomic mass is 10.0. The van der Waals surface area contributed by atoms with E-state index in [1.165, 1.54) is 25.1 Å². The van der Waals surface area contributed by atoms with Crippen LogP contribution >= 0.6 is 11.6 Å². The molecule has 49 heavy (non-hydrogen) atoms. The summed E-state index contributed by atoms with van der Waals surface area (Å²) in [5.41, 5.74) is -1.86. The van der Waals surface area contributed by atoms with E-state index in [0.29, 0.717) is 0 Å². The molecular weight excluding hydrogens is 734 g/mol. The average Bonchev–Trinajstić information content (AvgIpc) is 2.97. The van der Waals surface area contributed by atoms with Crippen molar-refractivity contribution in [2.45, 2.75) is 21.6 Å². The number of H-pyrrole nitrogens is 1.